The van der Waals surface area contributed by atoms with E-state index in [0.29, 0.717) is 5.56 Å². The van der Waals surface area contributed by atoms with Crippen molar-refractivity contribution in [1.29, 1.82) is 0 Å². The molecule has 0 unspecified atom stereocenters. The number of imidazole rings is 1. The SMILES string of the molecule is Cn1ccnc1CN1CCC(C(=O)NNC(=O)c2ccccc2)CC1. The molecule has 1 aromatic heterocycles. The molecule has 2 amide bonds. The molecule has 1 saturated heterocycles. The van der Waals surface area contributed by atoms with E-state index in [1.165, 1.54) is 0 Å². The van der Waals surface area contributed by atoms with Gasteiger partial charge < -0.3 is 4.57 Å². The van der Waals surface area contributed by atoms with Crippen LogP contribution in [-0.4, -0.2) is 39.4 Å². The summed E-state index contributed by atoms with van der Waals surface area (Å²) < 4.78 is 2.01. The fourth-order valence-corrected chi connectivity index (χ4v) is 2.98. The Labute approximate surface area is 147 Å². The van der Waals surface area contributed by atoms with Gasteiger partial charge in [0.05, 0.1) is 6.54 Å². The Kier molecular flexibility index (Phi) is 5.45. The average Bonchev–Trinajstić information content (AvgIpc) is 3.05. The van der Waals surface area contributed by atoms with Crippen LogP contribution in [0.3, 0.4) is 0 Å². The minimum atomic E-state index is -0.304. The third-order valence-corrected chi connectivity index (χ3v) is 4.58. The van der Waals surface area contributed by atoms with Crippen LogP contribution < -0.4 is 10.9 Å². The molecule has 0 saturated carbocycles. The molecular formula is C18H23N5O2. The van der Waals surface area contributed by atoms with Gasteiger partial charge in [-0.2, -0.15) is 0 Å². The molecule has 0 aliphatic carbocycles. The van der Waals surface area contributed by atoms with Crippen LogP contribution in [0.25, 0.3) is 0 Å². The monoisotopic (exact) mass is 341 g/mol. The van der Waals surface area contributed by atoms with Gasteiger partial charge in [-0.3, -0.25) is 25.3 Å². The van der Waals surface area contributed by atoms with Gasteiger partial charge in [-0.05, 0) is 38.1 Å². The van der Waals surface area contributed by atoms with Gasteiger partial charge in [0.2, 0.25) is 5.91 Å². The van der Waals surface area contributed by atoms with Crippen molar-refractivity contribution in [1.82, 2.24) is 25.3 Å². The number of carbonyl (C=O) groups is 2. The zero-order valence-electron chi connectivity index (χ0n) is 14.3. The van der Waals surface area contributed by atoms with Crippen LogP contribution in [0.4, 0.5) is 0 Å². The molecule has 3 rings (SSSR count). The quantitative estimate of drug-likeness (QED) is 0.816. The van der Waals surface area contributed by atoms with Gasteiger partial charge >= 0.3 is 0 Å². The van der Waals surface area contributed by atoms with E-state index < -0.39 is 0 Å². The van der Waals surface area contributed by atoms with Crippen molar-refractivity contribution >= 4 is 11.8 Å². The van der Waals surface area contributed by atoms with Gasteiger partial charge in [0, 0.05) is 30.9 Å². The number of carbonyl (C=O) groups excluding carboxylic acids is 2. The smallest absolute Gasteiger partial charge is 0.269 e. The molecule has 1 aromatic carbocycles. The lowest BCUT2D eigenvalue weighted by molar-refractivity contribution is -0.127. The molecule has 2 aromatic rings. The lowest BCUT2D eigenvalue weighted by Gasteiger charge is -2.30. The molecular weight excluding hydrogens is 318 g/mol. The largest absolute Gasteiger partial charge is 0.337 e. The molecule has 7 heteroatoms. The number of hydrogen-bond acceptors (Lipinski definition) is 4. The number of benzene rings is 1. The molecule has 0 bridgehead atoms. The topological polar surface area (TPSA) is 79.3 Å². The number of aryl methyl sites for hydroxylation is 1. The molecule has 1 aliphatic rings. The van der Waals surface area contributed by atoms with E-state index in [9.17, 15) is 9.59 Å². The molecule has 0 spiro atoms. The number of hydrazine groups is 1. The van der Waals surface area contributed by atoms with Crippen LogP contribution in [-0.2, 0) is 18.4 Å². The summed E-state index contributed by atoms with van der Waals surface area (Å²) in [5.74, 6) is 0.522. The van der Waals surface area contributed by atoms with Crippen LogP contribution in [0.1, 0.15) is 29.0 Å². The summed E-state index contributed by atoms with van der Waals surface area (Å²) >= 11 is 0. The van der Waals surface area contributed by atoms with Crippen molar-refractivity contribution in [3.8, 4) is 0 Å². The molecule has 2 heterocycles. The number of rotatable bonds is 4. The Bertz CT molecular complexity index is 720. The van der Waals surface area contributed by atoms with Crippen LogP contribution >= 0.6 is 0 Å². The van der Waals surface area contributed by atoms with Gasteiger partial charge in [-0.15, -0.1) is 0 Å². The van der Waals surface area contributed by atoms with E-state index in [0.717, 1.165) is 38.3 Å². The number of nitrogens with one attached hydrogen (secondary N) is 2. The minimum absolute atomic E-state index is 0.0753. The Morgan fingerprint density at radius 3 is 2.52 bits per heavy atom. The zero-order chi connectivity index (χ0) is 17.6. The van der Waals surface area contributed by atoms with E-state index in [1.54, 1.807) is 30.5 Å². The summed E-state index contributed by atoms with van der Waals surface area (Å²) in [6.07, 6.45) is 5.28. The first kappa shape index (κ1) is 17.2. The molecule has 132 valence electrons. The second kappa shape index (κ2) is 7.94. The van der Waals surface area contributed by atoms with Crippen molar-refractivity contribution in [3.63, 3.8) is 0 Å². The highest BCUT2D eigenvalue weighted by molar-refractivity contribution is 5.95. The fraction of sp³-hybridized carbons (Fsp3) is 0.389. The van der Waals surface area contributed by atoms with E-state index in [4.69, 9.17) is 0 Å². The maximum Gasteiger partial charge on any atom is 0.269 e. The Hall–Kier alpha value is -2.67. The molecule has 0 radical (unpaired) electrons. The first-order valence-corrected chi connectivity index (χ1v) is 8.47. The van der Waals surface area contributed by atoms with Crippen molar-refractivity contribution in [2.24, 2.45) is 13.0 Å². The summed E-state index contributed by atoms with van der Waals surface area (Å²) in [7, 11) is 1.98. The number of likely N-dealkylation sites (tertiary alicyclic amines) is 1. The molecule has 2 N–H and O–H groups in total. The predicted molar refractivity (Wildman–Crippen MR) is 93.3 cm³/mol. The standard InChI is InChI=1S/C18H23N5O2/c1-22-12-9-19-16(22)13-23-10-7-15(8-11-23)18(25)21-20-17(24)14-5-3-2-4-6-14/h2-6,9,12,15H,7-8,10-11,13H2,1H3,(H,20,24)(H,21,25). The molecule has 25 heavy (non-hydrogen) atoms. The Balaban J connectivity index is 1.42. The maximum atomic E-state index is 12.3. The molecule has 0 atom stereocenters. The lowest BCUT2D eigenvalue weighted by atomic mass is 9.96. The number of piperidine rings is 1. The second-order valence-electron chi connectivity index (χ2n) is 6.31. The fourth-order valence-electron chi connectivity index (χ4n) is 2.98. The third kappa shape index (κ3) is 4.45. The summed E-state index contributed by atoms with van der Waals surface area (Å²) in [5, 5.41) is 0. The Morgan fingerprint density at radius 1 is 1.16 bits per heavy atom. The maximum absolute atomic E-state index is 12.3. The first-order valence-electron chi connectivity index (χ1n) is 8.47. The second-order valence-corrected chi connectivity index (χ2v) is 6.31. The van der Waals surface area contributed by atoms with Gasteiger partial charge in [0.15, 0.2) is 0 Å². The number of amides is 2. The van der Waals surface area contributed by atoms with Gasteiger partial charge in [-0.25, -0.2) is 4.98 Å². The van der Waals surface area contributed by atoms with Crippen molar-refractivity contribution in [2.45, 2.75) is 19.4 Å². The van der Waals surface area contributed by atoms with E-state index in [-0.39, 0.29) is 17.7 Å². The summed E-state index contributed by atoms with van der Waals surface area (Å²) in [6.45, 7) is 2.48. The van der Waals surface area contributed by atoms with E-state index >= 15 is 0 Å². The molecule has 1 aliphatic heterocycles. The van der Waals surface area contributed by atoms with Crippen molar-refractivity contribution in [3.05, 3.63) is 54.1 Å². The third-order valence-electron chi connectivity index (χ3n) is 4.58. The zero-order valence-corrected chi connectivity index (χ0v) is 14.3. The Morgan fingerprint density at radius 2 is 1.88 bits per heavy atom. The number of nitrogens with zero attached hydrogens (tertiary/aromatic N) is 3. The number of aromatic nitrogens is 2. The lowest BCUT2D eigenvalue weighted by Crippen LogP contribution is -2.47. The predicted octanol–water partition coefficient (Wildman–Crippen LogP) is 1.09. The summed E-state index contributed by atoms with van der Waals surface area (Å²) in [5.41, 5.74) is 5.55. The van der Waals surface area contributed by atoms with Crippen LogP contribution in [0.15, 0.2) is 42.7 Å². The summed E-state index contributed by atoms with van der Waals surface area (Å²) in [6, 6.07) is 8.82. The van der Waals surface area contributed by atoms with Crippen LogP contribution in [0.5, 0.6) is 0 Å². The van der Waals surface area contributed by atoms with E-state index in [1.807, 2.05) is 23.9 Å². The average molecular weight is 341 g/mol. The minimum Gasteiger partial charge on any atom is -0.337 e. The van der Waals surface area contributed by atoms with Crippen LogP contribution in [0.2, 0.25) is 0 Å². The first-order chi connectivity index (χ1) is 12.1. The normalized spacial score (nSPS) is 15.7. The molecule has 7 nitrogen and oxygen atoms in total. The van der Waals surface area contributed by atoms with Crippen molar-refractivity contribution in [2.75, 3.05) is 13.1 Å². The summed E-state index contributed by atoms with van der Waals surface area (Å²) in [4.78, 5) is 30.8. The highest BCUT2D eigenvalue weighted by Crippen LogP contribution is 2.18. The number of hydrogen-bond donors (Lipinski definition) is 2. The van der Waals surface area contributed by atoms with Gasteiger partial charge in [0.25, 0.3) is 5.91 Å². The van der Waals surface area contributed by atoms with Crippen LogP contribution in [0, 0.1) is 5.92 Å². The highest BCUT2D eigenvalue weighted by Gasteiger charge is 2.25. The van der Waals surface area contributed by atoms with Gasteiger partial charge in [-0.1, -0.05) is 18.2 Å². The van der Waals surface area contributed by atoms with Crippen molar-refractivity contribution < 1.29 is 9.59 Å². The van der Waals surface area contributed by atoms with E-state index in [2.05, 4.69) is 20.7 Å². The molecule has 1 fully saturated rings. The highest BCUT2D eigenvalue weighted by atomic mass is 16.2. The van der Waals surface area contributed by atoms with Gasteiger partial charge in [0.1, 0.15) is 5.82 Å².